The minimum atomic E-state index is -0.553. The minimum absolute atomic E-state index is 0.0316. The van der Waals surface area contributed by atoms with Gasteiger partial charge in [0, 0.05) is 11.1 Å². The molecule has 0 spiro atoms. The van der Waals surface area contributed by atoms with E-state index < -0.39 is 10.8 Å². The Morgan fingerprint density at radius 1 is 1.28 bits per heavy atom. The van der Waals surface area contributed by atoms with Gasteiger partial charge in [0.1, 0.15) is 0 Å². The summed E-state index contributed by atoms with van der Waals surface area (Å²) in [5.41, 5.74) is 4.28. The van der Waals surface area contributed by atoms with Gasteiger partial charge in [-0.05, 0) is 43.2 Å². The summed E-state index contributed by atoms with van der Waals surface area (Å²) < 4.78 is 5.23. The van der Waals surface area contributed by atoms with Crippen molar-refractivity contribution in [2.24, 2.45) is 5.10 Å². The molecule has 2 aromatic rings. The Morgan fingerprint density at radius 2 is 1.96 bits per heavy atom. The van der Waals surface area contributed by atoms with E-state index in [9.17, 15) is 14.9 Å². The lowest BCUT2D eigenvalue weighted by atomic mass is 10.1. The molecule has 0 fully saturated rings. The van der Waals surface area contributed by atoms with E-state index in [1.165, 1.54) is 12.1 Å². The molecule has 0 saturated heterocycles. The normalized spacial score (nSPS) is 11.1. The number of nitrogens with zero attached hydrogens (tertiary/aromatic N) is 2. The average molecular weight is 362 g/mol. The molecule has 0 aliphatic heterocycles. The van der Waals surface area contributed by atoms with Crippen molar-refractivity contribution >= 4 is 28.9 Å². The van der Waals surface area contributed by atoms with Crippen LogP contribution in [0.3, 0.4) is 0 Å². The van der Waals surface area contributed by atoms with Crippen LogP contribution in [0.25, 0.3) is 0 Å². The third kappa shape index (κ3) is 5.29. The van der Waals surface area contributed by atoms with Gasteiger partial charge in [-0.15, -0.1) is 0 Å². The fourth-order valence-corrected chi connectivity index (χ4v) is 2.10. The van der Waals surface area contributed by atoms with Crippen molar-refractivity contribution in [2.45, 2.75) is 13.8 Å². The summed E-state index contributed by atoms with van der Waals surface area (Å²) in [7, 11) is 0. The average Bonchev–Trinajstić information content (AvgIpc) is 2.59. The Bertz CT molecular complexity index is 819. The van der Waals surface area contributed by atoms with Crippen LogP contribution < -0.4 is 10.2 Å². The zero-order valence-electron chi connectivity index (χ0n) is 13.7. The summed E-state index contributed by atoms with van der Waals surface area (Å²) in [5.74, 6) is -0.493. The number of hydrogen-bond donors (Lipinski definition) is 1. The summed E-state index contributed by atoms with van der Waals surface area (Å²) in [6, 6.07) is 11.5. The van der Waals surface area contributed by atoms with Gasteiger partial charge in [-0.1, -0.05) is 29.8 Å². The van der Waals surface area contributed by atoms with E-state index in [4.69, 9.17) is 16.3 Å². The van der Waals surface area contributed by atoms with E-state index in [1.54, 1.807) is 44.2 Å². The van der Waals surface area contributed by atoms with Crippen LogP contribution in [-0.4, -0.2) is 23.1 Å². The minimum Gasteiger partial charge on any atom is -0.477 e. The summed E-state index contributed by atoms with van der Waals surface area (Å²) in [5, 5.41) is 15.6. The van der Waals surface area contributed by atoms with Crippen LogP contribution in [0, 0.1) is 17.0 Å². The number of carbonyl (C=O) groups excluding carboxylic acids is 1. The summed E-state index contributed by atoms with van der Waals surface area (Å²) in [6.07, 6.45) is 0. The first-order valence-corrected chi connectivity index (χ1v) is 7.71. The third-order valence-corrected chi connectivity index (χ3v) is 3.53. The molecule has 0 aliphatic carbocycles. The van der Waals surface area contributed by atoms with Gasteiger partial charge in [-0.2, -0.15) is 5.10 Å². The zero-order chi connectivity index (χ0) is 18.4. The maximum absolute atomic E-state index is 11.8. The number of amides is 1. The fraction of sp³-hybridized carbons (Fsp3) is 0.176. The van der Waals surface area contributed by atoms with Crippen LogP contribution in [-0.2, 0) is 4.79 Å². The Morgan fingerprint density at radius 3 is 2.60 bits per heavy atom. The molecule has 1 amide bonds. The molecule has 0 atom stereocenters. The molecule has 0 saturated carbocycles. The molecule has 2 aromatic carbocycles. The van der Waals surface area contributed by atoms with Crippen molar-refractivity contribution in [2.75, 3.05) is 6.61 Å². The first-order valence-electron chi connectivity index (χ1n) is 7.33. The SMILES string of the molecule is C/C(=N/NC(=O)COc1ccc(C)cc1[N+](=O)[O-])c1ccc(Cl)cc1. The number of nitrogens with one attached hydrogen (secondary N) is 1. The monoisotopic (exact) mass is 361 g/mol. The van der Waals surface area contributed by atoms with Gasteiger partial charge in [0.2, 0.25) is 0 Å². The second kappa shape index (κ2) is 8.25. The first-order chi connectivity index (χ1) is 11.9. The molecular weight excluding hydrogens is 346 g/mol. The molecule has 0 heterocycles. The maximum atomic E-state index is 11.8. The van der Waals surface area contributed by atoms with E-state index in [1.807, 2.05) is 0 Å². The molecule has 0 aromatic heterocycles. The van der Waals surface area contributed by atoms with Gasteiger partial charge in [-0.25, -0.2) is 5.43 Å². The number of nitro groups is 1. The summed E-state index contributed by atoms with van der Waals surface area (Å²) >= 11 is 5.81. The van der Waals surface area contributed by atoms with Crippen molar-refractivity contribution in [1.29, 1.82) is 0 Å². The van der Waals surface area contributed by atoms with Crippen LogP contribution in [0.1, 0.15) is 18.1 Å². The van der Waals surface area contributed by atoms with Crippen molar-refractivity contribution < 1.29 is 14.5 Å². The number of hydrogen-bond acceptors (Lipinski definition) is 5. The van der Waals surface area contributed by atoms with Crippen LogP contribution >= 0.6 is 11.6 Å². The molecule has 2 rings (SSSR count). The highest BCUT2D eigenvalue weighted by Crippen LogP contribution is 2.27. The number of nitro benzene ring substituents is 1. The summed E-state index contributed by atoms with van der Waals surface area (Å²) in [4.78, 5) is 22.3. The van der Waals surface area contributed by atoms with Crippen molar-refractivity contribution in [1.82, 2.24) is 5.43 Å². The first kappa shape index (κ1) is 18.4. The molecule has 25 heavy (non-hydrogen) atoms. The van der Waals surface area contributed by atoms with Gasteiger partial charge >= 0.3 is 5.69 Å². The smallest absolute Gasteiger partial charge is 0.311 e. The Balaban J connectivity index is 1.96. The summed E-state index contributed by atoms with van der Waals surface area (Å²) in [6.45, 7) is 3.08. The predicted octanol–water partition coefficient (Wildman–Crippen LogP) is 3.48. The lowest BCUT2D eigenvalue weighted by molar-refractivity contribution is -0.385. The molecule has 7 nitrogen and oxygen atoms in total. The van der Waals surface area contributed by atoms with Crippen LogP contribution in [0.4, 0.5) is 5.69 Å². The Hall–Kier alpha value is -2.93. The topological polar surface area (TPSA) is 93.8 Å². The van der Waals surface area contributed by atoms with Gasteiger partial charge in [0.25, 0.3) is 5.91 Å². The van der Waals surface area contributed by atoms with E-state index in [-0.39, 0.29) is 18.0 Å². The number of carbonyl (C=O) groups is 1. The molecule has 8 heteroatoms. The number of ether oxygens (including phenoxy) is 1. The fourth-order valence-electron chi connectivity index (χ4n) is 1.97. The van der Waals surface area contributed by atoms with Crippen molar-refractivity contribution in [3.63, 3.8) is 0 Å². The van der Waals surface area contributed by atoms with E-state index in [0.717, 1.165) is 11.1 Å². The van der Waals surface area contributed by atoms with Gasteiger partial charge in [-0.3, -0.25) is 14.9 Å². The number of rotatable bonds is 6. The highest BCUT2D eigenvalue weighted by atomic mass is 35.5. The largest absolute Gasteiger partial charge is 0.477 e. The predicted molar refractivity (Wildman–Crippen MR) is 95.1 cm³/mol. The third-order valence-electron chi connectivity index (χ3n) is 3.28. The standard InChI is InChI=1S/C17H16ClN3O4/c1-11-3-8-16(15(9-11)21(23)24)25-10-17(22)20-19-12(2)13-4-6-14(18)7-5-13/h3-9H,10H2,1-2H3,(H,20,22)/b19-12-. The second-order valence-corrected chi connectivity index (χ2v) is 5.69. The lowest BCUT2D eigenvalue weighted by Crippen LogP contribution is -2.25. The van der Waals surface area contributed by atoms with Gasteiger partial charge in [0.05, 0.1) is 10.6 Å². The molecular formula is C17H16ClN3O4. The molecule has 1 N–H and O–H groups in total. The number of hydrazone groups is 1. The Labute approximate surface area is 149 Å². The van der Waals surface area contributed by atoms with Gasteiger partial charge in [0.15, 0.2) is 12.4 Å². The molecule has 0 radical (unpaired) electrons. The number of aryl methyl sites for hydroxylation is 1. The van der Waals surface area contributed by atoms with Crippen LogP contribution in [0.5, 0.6) is 5.75 Å². The highest BCUT2D eigenvalue weighted by Gasteiger charge is 2.16. The maximum Gasteiger partial charge on any atom is 0.311 e. The number of halogens is 1. The quantitative estimate of drug-likeness (QED) is 0.484. The van der Waals surface area contributed by atoms with E-state index in [0.29, 0.717) is 10.7 Å². The van der Waals surface area contributed by atoms with E-state index in [2.05, 4.69) is 10.5 Å². The number of benzene rings is 2. The van der Waals surface area contributed by atoms with Crippen LogP contribution in [0.15, 0.2) is 47.6 Å². The lowest BCUT2D eigenvalue weighted by Gasteiger charge is -2.07. The van der Waals surface area contributed by atoms with Gasteiger partial charge < -0.3 is 4.74 Å². The Kier molecular flexibility index (Phi) is 6.08. The second-order valence-electron chi connectivity index (χ2n) is 5.26. The molecule has 0 bridgehead atoms. The molecule has 0 unspecified atom stereocenters. The zero-order valence-corrected chi connectivity index (χ0v) is 14.4. The van der Waals surface area contributed by atoms with Crippen LogP contribution in [0.2, 0.25) is 5.02 Å². The highest BCUT2D eigenvalue weighted by molar-refractivity contribution is 6.30. The van der Waals surface area contributed by atoms with Crippen molar-refractivity contribution in [3.8, 4) is 5.75 Å². The van der Waals surface area contributed by atoms with E-state index >= 15 is 0 Å². The molecule has 0 aliphatic rings. The van der Waals surface area contributed by atoms with Crippen molar-refractivity contribution in [3.05, 3.63) is 68.7 Å². The molecule has 130 valence electrons.